The number of halogens is 1. The van der Waals surface area contributed by atoms with E-state index in [-0.39, 0.29) is 5.82 Å². The van der Waals surface area contributed by atoms with E-state index in [1.165, 1.54) is 6.07 Å². The van der Waals surface area contributed by atoms with Crippen molar-refractivity contribution in [2.45, 2.75) is 0 Å². The van der Waals surface area contributed by atoms with Crippen LogP contribution in [-0.4, -0.2) is 4.57 Å². The Bertz CT molecular complexity index is 389. The zero-order valence-electron chi connectivity index (χ0n) is 6.21. The fourth-order valence-corrected chi connectivity index (χ4v) is 1.26. The van der Waals surface area contributed by atoms with Crippen LogP contribution in [0.25, 0.3) is 10.9 Å². The molecule has 0 unspecified atom stereocenters. The average molecular weight is 149 g/mol. The van der Waals surface area contributed by atoms with Gasteiger partial charge in [-0.3, -0.25) is 0 Å². The molecule has 1 aromatic heterocycles. The second kappa shape index (κ2) is 2.09. The third kappa shape index (κ3) is 0.827. The van der Waals surface area contributed by atoms with Crippen LogP contribution in [0.1, 0.15) is 0 Å². The Morgan fingerprint density at radius 1 is 1.27 bits per heavy atom. The van der Waals surface area contributed by atoms with E-state index in [2.05, 4.69) is 0 Å². The zero-order valence-corrected chi connectivity index (χ0v) is 6.21. The lowest BCUT2D eigenvalue weighted by Crippen LogP contribution is -1.83. The Balaban J connectivity index is 2.94. The summed E-state index contributed by atoms with van der Waals surface area (Å²) in [6.07, 6.45) is 1.85. The first-order valence-corrected chi connectivity index (χ1v) is 3.48. The van der Waals surface area contributed by atoms with E-state index in [0.29, 0.717) is 5.39 Å². The van der Waals surface area contributed by atoms with Gasteiger partial charge in [-0.05, 0) is 18.2 Å². The van der Waals surface area contributed by atoms with E-state index in [4.69, 9.17) is 0 Å². The number of fused-ring (bicyclic) bond motifs is 1. The van der Waals surface area contributed by atoms with Gasteiger partial charge in [0.05, 0.1) is 5.52 Å². The largest absolute Gasteiger partial charge is 0.350 e. The predicted octanol–water partition coefficient (Wildman–Crippen LogP) is 2.32. The number of hydrogen-bond donors (Lipinski definition) is 0. The summed E-state index contributed by atoms with van der Waals surface area (Å²) in [6, 6.07) is 6.88. The topological polar surface area (TPSA) is 4.93 Å². The molecule has 0 bridgehead atoms. The van der Waals surface area contributed by atoms with E-state index in [1.807, 2.05) is 23.9 Å². The van der Waals surface area contributed by atoms with Crippen LogP contribution in [0.5, 0.6) is 0 Å². The number of hydrogen-bond acceptors (Lipinski definition) is 0. The molecule has 0 radical (unpaired) electrons. The Kier molecular flexibility index (Phi) is 1.22. The Morgan fingerprint density at radius 2 is 2.09 bits per heavy atom. The minimum atomic E-state index is -0.150. The summed E-state index contributed by atoms with van der Waals surface area (Å²) in [6.45, 7) is 0. The van der Waals surface area contributed by atoms with Crippen molar-refractivity contribution in [1.82, 2.24) is 4.57 Å². The molecule has 0 saturated carbocycles. The van der Waals surface area contributed by atoms with Crippen LogP contribution >= 0.6 is 0 Å². The van der Waals surface area contributed by atoms with E-state index < -0.39 is 0 Å². The third-order valence-electron chi connectivity index (χ3n) is 1.87. The van der Waals surface area contributed by atoms with E-state index in [1.54, 1.807) is 12.1 Å². The molecule has 0 saturated heterocycles. The maximum atomic E-state index is 13.0. The second-order valence-electron chi connectivity index (χ2n) is 2.60. The van der Waals surface area contributed by atoms with Crippen molar-refractivity contribution < 1.29 is 4.39 Å². The lowest BCUT2D eigenvalue weighted by Gasteiger charge is -1.94. The monoisotopic (exact) mass is 149 g/mol. The maximum Gasteiger partial charge on any atom is 0.132 e. The summed E-state index contributed by atoms with van der Waals surface area (Å²) >= 11 is 0. The van der Waals surface area contributed by atoms with Gasteiger partial charge in [0.25, 0.3) is 0 Å². The highest BCUT2D eigenvalue weighted by Gasteiger charge is 2.00. The van der Waals surface area contributed by atoms with Crippen LogP contribution < -0.4 is 0 Å². The Morgan fingerprint density at radius 3 is 2.82 bits per heavy atom. The van der Waals surface area contributed by atoms with Crippen molar-refractivity contribution in [1.29, 1.82) is 0 Å². The number of benzene rings is 1. The molecule has 2 rings (SSSR count). The summed E-state index contributed by atoms with van der Waals surface area (Å²) < 4.78 is 14.9. The molecule has 1 heterocycles. The molecule has 0 aliphatic heterocycles. The fourth-order valence-electron chi connectivity index (χ4n) is 1.26. The van der Waals surface area contributed by atoms with Gasteiger partial charge in [0, 0.05) is 18.6 Å². The lowest BCUT2D eigenvalue weighted by molar-refractivity contribution is 0.640. The smallest absolute Gasteiger partial charge is 0.132 e. The van der Waals surface area contributed by atoms with Crippen LogP contribution in [0.15, 0.2) is 30.5 Å². The Labute approximate surface area is 64.1 Å². The summed E-state index contributed by atoms with van der Waals surface area (Å²) in [5, 5.41) is 0.690. The highest BCUT2D eigenvalue weighted by atomic mass is 19.1. The van der Waals surface area contributed by atoms with Crippen LogP contribution in [0.4, 0.5) is 4.39 Å². The third-order valence-corrected chi connectivity index (χ3v) is 1.87. The molecular formula is C9H8FN. The van der Waals surface area contributed by atoms with Crippen molar-refractivity contribution in [3.8, 4) is 0 Å². The molecule has 0 aliphatic carbocycles. The quantitative estimate of drug-likeness (QED) is 0.541. The molecule has 56 valence electrons. The van der Waals surface area contributed by atoms with Gasteiger partial charge < -0.3 is 4.57 Å². The van der Waals surface area contributed by atoms with E-state index in [0.717, 1.165) is 5.52 Å². The van der Waals surface area contributed by atoms with Gasteiger partial charge in [-0.25, -0.2) is 4.39 Å². The number of rotatable bonds is 0. The van der Waals surface area contributed by atoms with Gasteiger partial charge in [-0.2, -0.15) is 0 Å². The highest BCUT2D eigenvalue weighted by molar-refractivity contribution is 5.80. The van der Waals surface area contributed by atoms with Crippen molar-refractivity contribution >= 4 is 10.9 Å². The predicted molar refractivity (Wildman–Crippen MR) is 42.9 cm³/mol. The molecule has 0 atom stereocenters. The number of aromatic nitrogens is 1. The minimum Gasteiger partial charge on any atom is -0.350 e. The molecule has 0 aliphatic rings. The van der Waals surface area contributed by atoms with Crippen LogP contribution in [-0.2, 0) is 7.05 Å². The fraction of sp³-hybridized carbons (Fsp3) is 0.111. The molecular weight excluding hydrogens is 141 g/mol. The molecule has 1 nitrogen and oxygen atoms in total. The molecule has 2 heteroatoms. The van der Waals surface area contributed by atoms with E-state index in [9.17, 15) is 4.39 Å². The normalized spacial score (nSPS) is 10.7. The highest BCUT2D eigenvalue weighted by Crippen LogP contribution is 2.17. The van der Waals surface area contributed by atoms with Crippen molar-refractivity contribution in [3.05, 3.63) is 36.3 Å². The summed E-state index contributed by atoms with van der Waals surface area (Å²) in [5.74, 6) is -0.150. The Hall–Kier alpha value is -1.31. The summed E-state index contributed by atoms with van der Waals surface area (Å²) in [5.41, 5.74) is 0.935. The summed E-state index contributed by atoms with van der Waals surface area (Å²) in [7, 11) is 1.90. The van der Waals surface area contributed by atoms with Gasteiger partial charge in [-0.1, -0.05) is 6.07 Å². The summed E-state index contributed by atoms with van der Waals surface area (Å²) in [4.78, 5) is 0. The molecule has 2 aromatic rings. The van der Waals surface area contributed by atoms with Gasteiger partial charge in [-0.15, -0.1) is 0 Å². The zero-order chi connectivity index (χ0) is 7.84. The van der Waals surface area contributed by atoms with E-state index >= 15 is 0 Å². The second-order valence-corrected chi connectivity index (χ2v) is 2.60. The number of aryl methyl sites for hydroxylation is 1. The standard InChI is InChI=1S/C9H8FN/c1-11-6-5-7-8(10)3-2-4-9(7)11/h2-6H,1H3. The van der Waals surface area contributed by atoms with Crippen LogP contribution in [0.3, 0.4) is 0 Å². The lowest BCUT2D eigenvalue weighted by atomic mass is 10.2. The average Bonchev–Trinajstić information content (AvgIpc) is 2.35. The van der Waals surface area contributed by atoms with Gasteiger partial charge >= 0.3 is 0 Å². The molecule has 11 heavy (non-hydrogen) atoms. The molecule has 0 amide bonds. The first kappa shape index (κ1) is 6.40. The van der Waals surface area contributed by atoms with Gasteiger partial charge in [0.15, 0.2) is 0 Å². The first-order valence-electron chi connectivity index (χ1n) is 3.48. The first-order chi connectivity index (χ1) is 5.29. The molecule has 0 fully saturated rings. The van der Waals surface area contributed by atoms with Crippen LogP contribution in [0.2, 0.25) is 0 Å². The number of nitrogens with zero attached hydrogens (tertiary/aromatic N) is 1. The van der Waals surface area contributed by atoms with Gasteiger partial charge in [0.2, 0.25) is 0 Å². The van der Waals surface area contributed by atoms with Crippen molar-refractivity contribution in [2.24, 2.45) is 7.05 Å². The molecule has 0 spiro atoms. The van der Waals surface area contributed by atoms with Gasteiger partial charge in [0.1, 0.15) is 5.82 Å². The van der Waals surface area contributed by atoms with Crippen molar-refractivity contribution in [2.75, 3.05) is 0 Å². The molecule has 1 aromatic carbocycles. The van der Waals surface area contributed by atoms with Crippen molar-refractivity contribution in [3.63, 3.8) is 0 Å². The minimum absolute atomic E-state index is 0.150. The SMILES string of the molecule is Cn1ccc2c(F)cccc21. The van der Waals surface area contributed by atoms with Crippen LogP contribution in [0, 0.1) is 5.82 Å². The molecule has 0 N–H and O–H groups in total. The maximum absolute atomic E-state index is 13.0.